The molecule has 184 valence electrons. The van der Waals surface area contributed by atoms with Gasteiger partial charge in [-0.05, 0) is 55.1 Å². The van der Waals surface area contributed by atoms with Crippen LogP contribution in [0.4, 0.5) is 11.6 Å². The number of carbonyl (C=O) groups excluding carboxylic acids is 1. The van der Waals surface area contributed by atoms with Crippen LogP contribution in [0, 0.1) is 5.92 Å². The van der Waals surface area contributed by atoms with Crippen LogP contribution in [-0.4, -0.2) is 53.1 Å². The molecule has 0 saturated carbocycles. The van der Waals surface area contributed by atoms with Crippen LogP contribution in [0.1, 0.15) is 45.2 Å². The van der Waals surface area contributed by atoms with Gasteiger partial charge in [-0.3, -0.25) is 24.0 Å². The molecule has 2 aliphatic rings. The number of aromatic nitrogens is 2. The Bertz CT molecular complexity index is 1260. The van der Waals surface area contributed by atoms with Gasteiger partial charge in [0.1, 0.15) is 6.04 Å². The number of carbonyl (C=O) groups is 1. The summed E-state index contributed by atoms with van der Waals surface area (Å²) in [6, 6.07) is 15.3. The van der Waals surface area contributed by atoms with Crippen molar-refractivity contribution in [1.82, 2.24) is 14.5 Å². The molecule has 0 aliphatic carbocycles. The Labute approximate surface area is 207 Å². The molecule has 1 atom stereocenters. The minimum atomic E-state index is -0.506. The van der Waals surface area contributed by atoms with Crippen molar-refractivity contribution in [2.24, 2.45) is 5.92 Å². The Morgan fingerprint density at radius 2 is 1.69 bits per heavy atom. The number of nitrogens with zero attached hydrogens (tertiary/aromatic N) is 5. The van der Waals surface area contributed by atoms with E-state index in [9.17, 15) is 9.59 Å². The molecule has 3 heterocycles. The monoisotopic (exact) mass is 473 g/mol. The zero-order chi connectivity index (χ0) is 24.5. The van der Waals surface area contributed by atoms with Crippen LogP contribution in [0.5, 0.6) is 0 Å². The van der Waals surface area contributed by atoms with E-state index in [1.165, 1.54) is 18.7 Å². The van der Waals surface area contributed by atoms with Crippen molar-refractivity contribution in [3.8, 4) is 0 Å². The summed E-state index contributed by atoms with van der Waals surface area (Å²) in [5.41, 5.74) is 2.75. The van der Waals surface area contributed by atoms with Gasteiger partial charge in [-0.1, -0.05) is 45.0 Å². The fourth-order valence-corrected chi connectivity index (χ4v) is 5.34. The Balaban J connectivity index is 1.40. The van der Waals surface area contributed by atoms with Gasteiger partial charge >= 0.3 is 0 Å². The van der Waals surface area contributed by atoms with Crippen molar-refractivity contribution in [1.29, 1.82) is 0 Å². The summed E-state index contributed by atoms with van der Waals surface area (Å²) in [5, 5.41) is 0.558. The van der Waals surface area contributed by atoms with Crippen molar-refractivity contribution in [2.75, 3.05) is 42.5 Å². The van der Waals surface area contributed by atoms with Gasteiger partial charge in [0.05, 0.1) is 17.4 Å². The van der Waals surface area contributed by atoms with E-state index in [0.29, 0.717) is 29.8 Å². The highest BCUT2D eigenvalue weighted by molar-refractivity contribution is 5.99. The largest absolute Gasteiger partial charge is 0.369 e. The zero-order valence-electron chi connectivity index (χ0n) is 21.0. The first-order chi connectivity index (χ1) is 17.0. The first kappa shape index (κ1) is 23.5. The fraction of sp³-hybridized carbons (Fsp3) is 0.464. The van der Waals surface area contributed by atoms with E-state index in [1.807, 2.05) is 18.2 Å². The maximum absolute atomic E-state index is 13.5. The van der Waals surface area contributed by atoms with Crippen LogP contribution in [0.25, 0.3) is 10.9 Å². The van der Waals surface area contributed by atoms with Gasteiger partial charge in [-0.15, -0.1) is 0 Å². The summed E-state index contributed by atoms with van der Waals surface area (Å²) >= 11 is 0. The number of anilines is 2. The summed E-state index contributed by atoms with van der Waals surface area (Å²) in [6.07, 6.45) is 1.81. The number of rotatable bonds is 7. The number of hydrogen-bond donors (Lipinski definition) is 0. The minimum absolute atomic E-state index is 0.0465. The van der Waals surface area contributed by atoms with Crippen LogP contribution in [-0.2, 0) is 11.3 Å². The molecule has 0 N–H and O–H groups in total. The molecular formula is C28H35N5O2. The van der Waals surface area contributed by atoms with Crippen molar-refractivity contribution in [3.63, 3.8) is 0 Å². The summed E-state index contributed by atoms with van der Waals surface area (Å²) in [4.78, 5) is 38.3. The lowest BCUT2D eigenvalue weighted by molar-refractivity contribution is -0.120. The van der Waals surface area contributed by atoms with Crippen LogP contribution < -0.4 is 15.4 Å². The molecule has 0 spiro atoms. The predicted molar refractivity (Wildman–Crippen MR) is 141 cm³/mol. The first-order valence-electron chi connectivity index (χ1n) is 12.8. The smallest absolute Gasteiger partial charge is 0.263 e. The lowest BCUT2D eigenvalue weighted by atomic mass is 10.0. The Morgan fingerprint density at radius 1 is 0.971 bits per heavy atom. The zero-order valence-corrected chi connectivity index (χ0v) is 21.0. The summed E-state index contributed by atoms with van der Waals surface area (Å²) < 4.78 is 1.62. The molecule has 1 amide bonds. The molecule has 5 rings (SSSR count). The molecule has 1 aromatic heterocycles. The number of piperazine rings is 1. The molecule has 1 saturated heterocycles. The summed E-state index contributed by atoms with van der Waals surface area (Å²) in [6.45, 7) is 12.2. The van der Waals surface area contributed by atoms with E-state index < -0.39 is 6.04 Å². The topological polar surface area (TPSA) is 61.7 Å². The van der Waals surface area contributed by atoms with Gasteiger partial charge in [0, 0.05) is 31.9 Å². The second-order valence-corrected chi connectivity index (χ2v) is 10.2. The van der Waals surface area contributed by atoms with Crippen LogP contribution >= 0.6 is 0 Å². The number of amides is 1. The number of fused-ring (bicyclic) bond motifs is 2. The Morgan fingerprint density at radius 3 is 2.37 bits per heavy atom. The molecule has 0 bridgehead atoms. The maximum Gasteiger partial charge on any atom is 0.263 e. The molecule has 2 aliphatic heterocycles. The van der Waals surface area contributed by atoms with Crippen LogP contribution in [0.2, 0.25) is 0 Å². The summed E-state index contributed by atoms with van der Waals surface area (Å²) in [5.74, 6) is 0.697. The molecule has 3 aromatic rings. The molecular weight excluding hydrogens is 438 g/mol. The van der Waals surface area contributed by atoms with Gasteiger partial charge < -0.3 is 4.90 Å². The first-order valence-corrected chi connectivity index (χ1v) is 12.8. The Kier molecular flexibility index (Phi) is 6.60. The predicted octanol–water partition coefficient (Wildman–Crippen LogP) is 4.06. The lowest BCUT2D eigenvalue weighted by Gasteiger charge is -2.36. The van der Waals surface area contributed by atoms with E-state index in [4.69, 9.17) is 4.98 Å². The van der Waals surface area contributed by atoms with E-state index in [2.05, 4.69) is 54.8 Å². The molecule has 7 nitrogen and oxygen atoms in total. The average Bonchev–Trinajstić information content (AvgIpc) is 3.11. The number of para-hydroxylation sites is 1. The molecule has 1 fully saturated rings. The maximum atomic E-state index is 13.5. The number of hydrogen-bond acceptors (Lipinski definition) is 5. The van der Waals surface area contributed by atoms with Gasteiger partial charge in [0.2, 0.25) is 5.95 Å². The van der Waals surface area contributed by atoms with Crippen molar-refractivity contribution < 1.29 is 4.79 Å². The van der Waals surface area contributed by atoms with Crippen molar-refractivity contribution in [2.45, 2.75) is 46.2 Å². The van der Waals surface area contributed by atoms with Crippen LogP contribution in [0.3, 0.4) is 0 Å². The highest BCUT2D eigenvalue weighted by atomic mass is 16.2. The lowest BCUT2D eigenvalue weighted by Crippen LogP contribution is -2.46. The molecule has 0 radical (unpaired) electrons. The minimum Gasteiger partial charge on any atom is -0.369 e. The van der Waals surface area contributed by atoms with Gasteiger partial charge in [-0.25, -0.2) is 4.98 Å². The van der Waals surface area contributed by atoms with Gasteiger partial charge in [0.15, 0.2) is 0 Å². The quantitative estimate of drug-likeness (QED) is 0.518. The molecule has 2 aromatic carbocycles. The highest BCUT2D eigenvalue weighted by Crippen LogP contribution is 2.33. The third-order valence-corrected chi connectivity index (χ3v) is 7.14. The second kappa shape index (κ2) is 9.82. The van der Waals surface area contributed by atoms with E-state index in [0.717, 1.165) is 31.7 Å². The SMILES string of the molecule is CCCN1CCN(c2ccc(CN3C(=O)C(CC(C)C)n4c3nc3ccccc3c4=O)cc2)CC1. The normalized spacial score (nSPS) is 18.6. The van der Waals surface area contributed by atoms with Crippen LogP contribution in [0.15, 0.2) is 53.3 Å². The Hall–Kier alpha value is -3.19. The van der Waals surface area contributed by atoms with E-state index >= 15 is 0 Å². The average molecular weight is 474 g/mol. The standard InChI is InChI=1S/C28H35N5O2/c1-4-13-30-14-16-31(17-15-30)22-11-9-21(10-12-22)19-32-27(35)25(18-20(2)3)33-26(34)23-7-5-6-8-24(23)29-28(32)33/h5-12,20,25H,4,13-19H2,1-3H3. The molecule has 7 heteroatoms. The highest BCUT2D eigenvalue weighted by Gasteiger charge is 2.39. The third kappa shape index (κ3) is 4.57. The number of benzene rings is 2. The summed E-state index contributed by atoms with van der Waals surface area (Å²) in [7, 11) is 0. The second-order valence-electron chi connectivity index (χ2n) is 10.2. The van der Waals surface area contributed by atoms with E-state index in [-0.39, 0.29) is 17.4 Å². The van der Waals surface area contributed by atoms with Gasteiger partial charge in [0.25, 0.3) is 11.5 Å². The molecule has 1 unspecified atom stereocenters. The van der Waals surface area contributed by atoms with Gasteiger partial charge in [-0.2, -0.15) is 0 Å². The third-order valence-electron chi connectivity index (χ3n) is 7.14. The molecule has 35 heavy (non-hydrogen) atoms. The van der Waals surface area contributed by atoms with Crippen molar-refractivity contribution >= 4 is 28.4 Å². The van der Waals surface area contributed by atoms with E-state index in [1.54, 1.807) is 15.5 Å². The fourth-order valence-electron chi connectivity index (χ4n) is 5.34. The van der Waals surface area contributed by atoms with Crippen molar-refractivity contribution in [3.05, 3.63) is 64.4 Å².